The van der Waals surface area contributed by atoms with Gasteiger partial charge in [-0.05, 0) is 58.7 Å². The molecule has 0 fully saturated rings. The Balaban J connectivity index is 2.18. The van der Waals surface area contributed by atoms with Crippen LogP contribution in [0, 0.1) is 5.82 Å². The summed E-state index contributed by atoms with van der Waals surface area (Å²) in [5, 5.41) is 3.98. The molecule has 94 valence electrons. The summed E-state index contributed by atoms with van der Waals surface area (Å²) in [7, 11) is 0. The Morgan fingerprint density at radius 1 is 1.22 bits per heavy atom. The van der Waals surface area contributed by atoms with Gasteiger partial charge in [-0.15, -0.1) is 0 Å². The number of nitrogens with one attached hydrogen (secondary N) is 1. The van der Waals surface area contributed by atoms with Crippen molar-refractivity contribution in [3.05, 3.63) is 63.3 Å². The molecular formula is C14H12BrClFN. The first-order chi connectivity index (χ1) is 8.56. The van der Waals surface area contributed by atoms with E-state index >= 15 is 0 Å². The lowest BCUT2D eigenvalue weighted by Crippen LogP contribution is -2.07. The molecular weight excluding hydrogens is 317 g/mol. The Morgan fingerprint density at radius 2 is 2.00 bits per heavy atom. The molecule has 4 heteroatoms. The van der Waals surface area contributed by atoms with Crippen LogP contribution >= 0.6 is 27.5 Å². The first-order valence-corrected chi connectivity index (χ1v) is 6.70. The van der Waals surface area contributed by atoms with Crippen molar-refractivity contribution in [2.24, 2.45) is 0 Å². The number of rotatable bonds is 3. The van der Waals surface area contributed by atoms with E-state index in [0.29, 0.717) is 5.02 Å². The van der Waals surface area contributed by atoms with E-state index in [1.807, 2.05) is 31.2 Å². The average Bonchev–Trinajstić information content (AvgIpc) is 2.32. The van der Waals surface area contributed by atoms with Crippen molar-refractivity contribution in [3.63, 3.8) is 0 Å². The second-order valence-corrected chi connectivity index (χ2v) is 5.34. The summed E-state index contributed by atoms with van der Waals surface area (Å²) in [4.78, 5) is 0. The normalized spacial score (nSPS) is 12.2. The first-order valence-electron chi connectivity index (χ1n) is 5.53. The summed E-state index contributed by atoms with van der Waals surface area (Å²) >= 11 is 9.33. The molecule has 0 aliphatic heterocycles. The van der Waals surface area contributed by atoms with Crippen LogP contribution in [0.2, 0.25) is 5.02 Å². The van der Waals surface area contributed by atoms with E-state index in [4.69, 9.17) is 11.6 Å². The van der Waals surface area contributed by atoms with Crippen molar-refractivity contribution in [1.82, 2.24) is 0 Å². The van der Waals surface area contributed by atoms with Crippen molar-refractivity contribution >= 4 is 33.2 Å². The van der Waals surface area contributed by atoms with Crippen LogP contribution in [-0.2, 0) is 0 Å². The Labute approximate surface area is 119 Å². The lowest BCUT2D eigenvalue weighted by atomic mass is 10.1. The van der Waals surface area contributed by atoms with Gasteiger partial charge in [0.25, 0.3) is 0 Å². The average molecular weight is 329 g/mol. The standard InChI is InChI=1S/C14H12BrClFN/c1-9(10-3-2-4-12(17)7-10)18-14-6-5-11(16)8-13(14)15/h2-9,18H,1H3. The SMILES string of the molecule is CC(Nc1ccc(Cl)cc1Br)c1cccc(F)c1. The van der Waals surface area contributed by atoms with E-state index in [1.165, 1.54) is 12.1 Å². The van der Waals surface area contributed by atoms with Gasteiger partial charge in [0.2, 0.25) is 0 Å². The van der Waals surface area contributed by atoms with Crippen LogP contribution < -0.4 is 5.32 Å². The molecule has 2 rings (SSSR count). The van der Waals surface area contributed by atoms with Crippen LogP contribution in [0.4, 0.5) is 10.1 Å². The van der Waals surface area contributed by atoms with E-state index in [1.54, 1.807) is 6.07 Å². The fourth-order valence-electron chi connectivity index (χ4n) is 1.70. The third-order valence-electron chi connectivity index (χ3n) is 2.65. The summed E-state index contributed by atoms with van der Waals surface area (Å²) in [6, 6.07) is 12.1. The zero-order valence-electron chi connectivity index (χ0n) is 9.75. The molecule has 0 saturated carbocycles. The molecule has 1 N–H and O–H groups in total. The van der Waals surface area contributed by atoms with Gasteiger partial charge in [-0.3, -0.25) is 0 Å². The van der Waals surface area contributed by atoms with Gasteiger partial charge in [0.15, 0.2) is 0 Å². The fraction of sp³-hybridized carbons (Fsp3) is 0.143. The van der Waals surface area contributed by atoms with Gasteiger partial charge in [0.05, 0.1) is 0 Å². The van der Waals surface area contributed by atoms with Crippen molar-refractivity contribution in [3.8, 4) is 0 Å². The number of benzene rings is 2. The topological polar surface area (TPSA) is 12.0 Å². The molecule has 0 aromatic heterocycles. The van der Waals surface area contributed by atoms with E-state index in [-0.39, 0.29) is 11.9 Å². The van der Waals surface area contributed by atoms with Crippen LogP contribution in [-0.4, -0.2) is 0 Å². The Morgan fingerprint density at radius 3 is 2.67 bits per heavy atom. The number of hydrogen-bond acceptors (Lipinski definition) is 1. The molecule has 2 aromatic rings. The van der Waals surface area contributed by atoms with E-state index in [9.17, 15) is 4.39 Å². The second-order valence-electron chi connectivity index (χ2n) is 4.05. The molecule has 0 amide bonds. The maximum absolute atomic E-state index is 13.1. The highest BCUT2D eigenvalue weighted by Crippen LogP contribution is 2.29. The van der Waals surface area contributed by atoms with Crippen molar-refractivity contribution < 1.29 is 4.39 Å². The van der Waals surface area contributed by atoms with E-state index in [0.717, 1.165) is 15.7 Å². The van der Waals surface area contributed by atoms with Crippen LogP contribution in [0.3, 0.4) is 0 Å². The predicted molar refractivity (Wildman–Crippen MR) is 77.6 cm³/mol. The number of hydrogen-bond donors (Lipinski definition) is 1. The molecule has 0 bridgehead atoms. The van der Waals surface area contributed by atoms with Gasteiger partial charge in [-0.2, -0.15) is 0 Å². The molecule has 1 atom stereocenters. The molecule has 1 nitrogen and oxygen atoms in total. The lowest BCUT2D eigenvalue weighted by Gasteiger charge is -2.17. The monoisotopic (exact) mass is 327 g/mol. The number of anilines is 1. The smallest absolute Gasteiger partial charge is 0.123 e. The van der Waals surface area contributed by atoms with Gasteiger partial charge in [-0.1, -0.05) is 23.7 Å². The van der Waals surface area contributed by atoms with Crippen LogP contribution in [0.5, 0.6) is 0 Å². The molecule has 2 aromatic carbocycles. The van der Waals surface area contributed by atoms with Gasteiger partial charge in [0, 0.05) is 21.2 Å². The van der Waals surface area contributed by atoms with Gasteiger partial charge >= 0.3 is 0 Å². The van der Waals surface area contributed by atoms with E-state index in [2.05, 4.69) is 21.2 Å². The molecule has 0 saturated heterocycles. The molecule has 0 aliphatic rings. The Kier molecular flexibility index (Phi) is 4.25. The van der Waals surface area contributed by atoms with Gasteiger partial charge < -0.3 is 5.32 Å². The molecule has 0 spiro atoms. The minimum absolute atomic E-state index is 0.0122. The quantitative estimate of drug-likeness (QED) is 0.794. The maximum atomic E-state index is 13.1. The van der Waals surface area contributed by atoms with E-state index < -0.39 is 0 Å². The van der Waals surface area contributed by atoms with Gasteiger partial charge in [0.1, 0.15) is 5.82 Å². The largest absolute Gasteiger partial charge is 0.378 e. The molecule has 0 radical (unpaired) electrons. The van der Waals surface area contributed by atoms with Crippen molar-refractivity contribution in [2.75, 3.05) is 5.32 Å². The highest BCUT2D eigenvalue weighted by Gasteiger charge is 2.08. The summed E-state index contributed by atoms with van der Waals surface area (Å²) < 4.78 is 14.0. The Hall–Kier alpha value is -1.06. The number of halogens is 3. The van der Waals surface area contributed by atoms with Crippen molar-refractivity contribution in [2.45, 2.75) is 13.0 Å². The Bertz CT molecular complexity index is 559. The maximum Gasteiger partial charge on any atom is 0.123 e. The zero-order valence-corrected chi connectivity index (χ0v) is 12.1. The fourth-order valence-corrected chi connectivity index (χ4v) is 2.50. The lowest BCUT2D eigenvalue weighted by molar-refractivity contribution is 0.623. The van der Waals surface area contributed by atoms with Crippen LogP contribution in [0.25, 0.3) is 0 Å². The second kappa shape index (κ2) is 5.72. The summed E-state index contributed by atoms with van der Waals surface area (Å²) in [5.74, 6) is -0.226. The zero-order chi connectivity index (χ0) is 13.1. The summed E-state index contributed by atoms with van der Waals surface area (Å²) in [6.07, 6.45) is 0. The summed E-state index contributed by atoms with van der Waals surface area (Å²) in [6.45, 7) is 1.98. The molecule has 0 heterocycles. The first kappa shape index (κ1) is 13.4. The van der Waals surface area contributed by atoms with Crippen molar-refractivity contribution in [1.29, 1.82) is 0 Å². The third kappa shape index (κ3) is 3.24. The van der Waals surface area contributed by atoms with Crippen LogP contribution in [0.15, 0.2) is 46.9 Å². The predicted octanol–water partition coefficient (Wildman–Crippen LogP) is 5.41. The van der Waals surface area contributed by atoms with Crippen LogP contribution in [0.1, 0.15) is 18.5 Å². The highest BCUT2D eigenvalue weighted by molar-refractivity contribution is 9.10. The minimum Gasteiger partial charge on any atom is -0.378 e. The highest BCUT2D eigenvalue weighted by atomic mass is 79.9. The van der Waals surface area contributed by atoms with Gasteiger partial charge in [-0.25, -0.2) is 4.39 Å². The molecule has 0 aliphatic carbocycles. The third-order valence-corrected chi connectivity index (χ3v) is 3.54. The molecule has 18 heavy (non-hydrogen) atoms. The minimum atomic E-state index is -0.226. The molecule has 1 unspecified atom stereocenters. The summed E-state index contributed by atoms with van der Waals surface area (Å²) in [5.41, 5.74) is 1.83.